The Balaban J connectivity index is 1.67. The van der Waals surface area contributed by atoms with Gasteiger partial charge in [-0.05, 0) is 26.8 Å². The summed E-state index contributed by atoms with van der Waals surface area (Å²) in [5.41, 5.74) is -0.120. The molecular weight excluding hydrogens is 518 g/mol. The maximum absolute atomic E-state index is 14.4. The lowest BCUT2D eigenvalue weighted by Crippen LogP contribution is -2.38. The highest BCUT2D eigenvalue weighted by molar-refractivity contribution is 5.93. The van der Waals surface area contributed by atoms with Crippen LogP contribution in [0.2, 0.25) is 0 Å². The molecule has 5 rings (SSSR count). The Labute approximate surface area is 223 Å². The number of methoxy groups -OCH3 is 1. The molecule has 0 unspecified atom stereocenters. The molecule has 0 saturated carbocycles. The summed E-state index contributed by atoms with van der Waals surface area (Å²) in [7, 11) is 1.39. The summed E-state index contributed by atoms with van der Waals surface area (Å²) in [6.45, 7) is 8.51. The van der Waals surface area contributed by atoms with Crippen LogP contribution >= 0.6 is 0 Å². The zero-order valence-electron chi connectivity index (χ0n) is 22.1. The van der Waals surface area contributed by atoms with E-state index in [0.29, 0.717) is 45.4 Å². The smallest absolute Gasteiger partial charge is 0.412 e. The summed E-state index contributed by atoms with van der Waals surface area (Å²) in [6.07, 6.45) is -3.68. The van der Waals surface area contributed by atoms with Gasteiger partial charge in [-0.25, -0.2) is 18.6 Å². The topological polar surface area (TPSA) is 129 Å². The highest BCUT2D eigenvalue weighted by atomic mass is 19.3. The SMILES string of the molecule is COc1cc(NC(=O)OC(C)(C)C)cc2c1nc(C(F)F)n2-c1nc(N2CCOCC2)nc(N2CCOC2)n1. The highest BCUT2D eigenvalue weighted by Crippen LogP contribution is 2.35. The Hall–Kier alpha value is -3.85. The van der Waals surface area contributed by atoms with Crippen molar-refractivity contribution in [2.75, 3.05) is 68.4 Å². The quantitative estimate of drug-likeness (QED) is 0.488. The van der Waals surface area contributed by atoms with Crippen LogP contribution in [0, 0.1) is 0 Å². The van der Waals surface area contributed by atoms with Crippen LogP contribution in [0.4, 0.5) is 31.2 Å². The van der Waals surface area contributed by atoms with E-state index in [1.165, 1.54) is 19.2 Å². The second-order valence-electron chi connectivity index (χ2n) is 9.91. The van der Waals surface area contributed by atoms with Crippen LogP contribution in [0.3, 0.4) is 0 Å². The predicted molar refractivity (Wildman–Crippen MR) is 137 cm³/mol. The van der Waals surface area contributed by atoms with Gasteiger partial charge < -0.3 is 28.7 Å². The molecule has 3 aromatic rings. The first-order valence-corrected chi connectivity index (χ1v) is 12.4. The van der Waals surface area contributed by atoms with Crippen molar-refractivity contribution in [2.45, 2.75) is 32.8 Å². The number of carbonyl (C=O) groups excluding carboxylic acids is 1. The van der Waals surface area contributed by atoms with Crippen molar-refractivity contribution in [3.8, 4) is 11.7 Å². The number of morpholine rings is 1. The van der Waals surface area contributed by atoms with Gasteiger partial charge in [0.05, 0.1) is 32.4 Å². The van der Waals surface area contributed by atoms with E-state index < -0.39 is 23.9 Å². The van der Waals surface area contributed by atoms with E-state index in [1.54, 1.807) is 25.7 Å². The van der Waals surface area contributed by atoms with Crippen LogP contribution in [0.15, 0.2) is 12.1 Å². The molecule has 2 saturated heterocycles. The number of alkyl halides is 2. The number of nitrogens with zero attached hydrogens (tertiary/aromatic N) is 7. The van der Waals surface area contributed by atoms with Gasteiger partial charge in [0.2, 0.25) is 17.8 Å². The molecule has 13 nitrogen and oxygen atoms in total. The van der Waals surface area contributed by atoms with Crippen molar-refractivity contribution in [1.29, 1.82) is 0 Å². The predicted octanol–water partition coefficient (Wildman–Crippen LogP) is 3.13. The number of aromatic nitrogens is 5. The second-order valence-corrected chi connectivity index (χ2v) is 9.91. The molecule has 210 valence electrons. The number of halogens is 2. The summed E-state index contributed by atoms with van der Waals surface area (Å²) in [5.74, 6) is 0.149. The summed E-state index contributed by atoms with van der Waals surface area (Å²) >= 11 is 0. The third-order valence-corrected chi connectivity index (χ3v) is 5.94. The number of imidazole rings is 1. The lowest BCUT2D eigenvalue weighted by molar-refractivity contribution is 0.0636. The van der Waals surface area contributed by atoms with Crippen molar-refractivity contribution in [1.82, 2.24) is 24.5 Å². The molecule has 0 radical (unpaired) electrons. The summed E-state index contributed by atoms with van der Waals surface area (Å²) in [4.78, 5) is 34.1. The number of hydrogen-bond acceptors (Lipinski definition) is 11. The zero-order valence-corrected chi connectivity index (χ0v) is 22.1. The van der Waals surface area contributed by atoms with E-state index in [-0.39, 0.29) is 41.1 Å². The Kier molecular flexibility index (Phi) is 7.36. The Bertz CT molecular complexity index is 1350. The van der Waals surface area contributed by atoms with Crippen LogP contribution < -0.4 is 19.9 Å². The number of ether oxygens (including phenoxy) is 4. The molecule has 4 heterocycles. The second kappa shape index (κ2) is 10.7. The van der Waals surface area contributed by atoms with E-state index >= 15 is 0 Å². The molecule has 0 spiro atoms. The van der Waals surface area contributed by atoms with Gasteiger partial charge in [0, 0.05) is 31.4 Å². The van der Waals surface area contributed by atoms with Crippen molar-refractivity contribution in [3.05, 3.63) is 18.0 Å². The van der Waals surface area contributed by atoms with Crippen LogP contribution in [-0.2, 0) is 14.2 Å². The van der Waals surface area contributed by atoms with Gasteiger partial charge in [0.15, 0.2) is 5.82 Å². The lowest BCUT2D eigenvalue weighted by atomic mass is 10.2. The molecule has 2 fully saturated rings. The molecule has 0 atom stereocenters. The lowest BCUT2D eigenvalue weighted by Gasteiger charge is -2.27. The monoisotopic (exact) mass is 548 g/mol. The third kappa shape index (κ3) is 5.78. The molecule has 1 N–H and O–H groups in total. The molecule has 0 aliphatic carbocycles. The molecular formula is C24H30F2N8O5. The highest BCUT2D eigenvalue weighted by Gasteiger charge is 2.28. The number of nitrogens with one attached hydrogen (secondary N) is 1. The molecule has 39 heavy (non-hydrogen) atoms. The van der Waals surface area contributed by atoms with Gasteiger partial charge in [-0.15, -0.1) is 0 Å². The van der Waals surface area contributed by atoms with Crippen LogP contribution in [-0.4, -0.2) is 89.5 Å². The van der Waals surface area contributed by atoms with Crippen LogP contribution in [0.5, 0.6) is 5.75 Å². The summed E-state index contributed by atoms with van der Waals surface area (Å²) < 4.78 is 51.7. The largest absolute Gasteiger partial charge is 0.494 e. The van der Waals surface area contributed by atoms with Gasteiger partial charge in [-0.2, -0.15) is 15.0 Å². The Morgan fingerprint density at radius 3 is 2.23 bits per heavy atom. The fourth-order valence-electron chi connectivity index (χ4n) is 4.23. The standard InChI is InChI=1S/C24H30F2N8O5/c1-24(2,3)39-23(35)27-14-11-15-17(16(12-14)36-4)28-19(18(25)26)34(15)22-30-20(32-5-8-37-9-6-32)29-21(31-22)33-7-10-38-13-33/h11-12,18H,5-10,13H2,1-4H3,(H,27,35). The number of anilines is 3. The van der Waals surface area contributed by atoms with Crippen molar-refractivity contribution in [2.24, 2.45) is 0 Å². The number of hydrogen-bond donors (Lipinski definition) is 1. The van der Waals surface area contributed by atoms with E-state index in [0.717, 1.165) is 4.57 Å². The van der Waals surface area contributed by atoms with Crippen LogP contribution in [0.25, 0.3) is 17.0 Å². The van der Waals surface area contributed by atoms with Gasteiger partial charge in [-0.3, -0.25) is 9.88 Å². The summed E-state index contributed by atoms with van der Waals surface area (Å²) in [6, 6.07) is 2.98. The van der Waals surface area contributed by atoms with E-state index in [1.807, 2.05) is 4.90 Å². The molecule has 2 aliphatic heterocycles. The van der Waals surface area contributed by atoms with Crippen molar-refractivity contribution in [3.63, 3.8) is 0 Å². The first kappa shape index (κ1) is 26.7. The molecule has 2 aliphatic rings. The first-order valence-electron chi connectivity index (χ1n) is 12.4. The minimum absolute atomic E-state index is 0.0531. The number of carbonyl (C=O) groups is 1. The molecule has 15 heteroatoms. The number of rotatable bonds is 6. The molecule has 1 aromatic carbocycles. The van der Waals surface area contributed by atoms with E-state index in [4.69, 9.17) is 18.9 Å². The number of benzene rings is 1. The zero-order chi connectivity index (χ0) is 27.7. The average Bonchev–Trinajstić information content (AvgIpc) is 3.56. The van der Waals surface area contributed by atoms with E-state index in [9.17, 15) is 13.6 Å². The normalized spacial score (nSPS) is 16.3. The van der Waals surface area contributed by atoms with Gasteiger partial charge in [0.25, 0.3) is 6.43 Å². The van der Waals surface area contributed by atoms with Crippen LogP contribution in [0.1, 0.15) is 33.0 Å². The van der Waals surface area contributed by atoms with E-state index in [2.05, 4.69) is 25.3 Å². The third-order valence-electron chi connectivity index (χ3n) is 5.94. The Morgan fingerprint density at radius 1 is 0.974 bits per heavy atom. The minimum Gasteiger partial charge on any atom is -0.494 e. The first-order chi connectivity index (χ1) is 18.6. The Morgan fingerprint density at radius 2 is 1.62 bits per heavy atom. The summed E-state index contributed by atoms with van der Waals surface area (Å²) in [5, 5.41) is 2.63. The molecule has 2 aromatic heterocycles. The van der Waals surface area contributed by atoms with Gasteiger partial charge in [0.1, 0.15) is 23.6 Å². The van der Waals surface area contributed by atoms with Crippen molar-refractivity contribution >= 4 is 34.7 Å². The minimum atomic E-state index is -2.97. The van der Waals surface area contributed by atoms with Crippen molar-refractivity contribution < 1.29 is 32.5 Å². The van der Waals surface area contributed by atoms with Gasteiger partial charge in [-0.1, -0.05) is 0 Å². The van der Waals surface area contributed by atoms with Gasteiger partial charge >= 0.3 is 6.09 Å². The molecule has 1 amide bonds. The average molecular weight is 549 g/mol. The maximum atomic E-state index is 14.4. The molecule has 0 bridgehead atoms. The maximum Gasteiger partial charge on any atom is 0.412 e. The fraction of sp³-hybridized carbons (Fsp3) is 0.542. The number of fused-ring (bicyclic) bond motifs is 1. The number of amides is 1. The fourth-order valence-corrected chi connectivity index (χ4v) is 4.23.